The molecule has 0 bridgehead atoms. The molecule has 0 fully saturated rings. The molecule has 0 saturated heterocycles. The van der Waals surface area contributed by atoms with E-state index < -0.39 is 0 Å². The van der Waals surface area contributed by atoms with Gasteiger partial charge in [0.05, 0.1) is 0 Å². The topological polar surface area (TPSA) is 29.1 Å². The Morgan fingerprint density at radius 1 is 1.67 bits per heavy atom. The van der Waals surface area contributed by atoms with Crippen molar-refractivity contribution in [3.8, 4) is 0 Å². The van der Waals surface area contributed by atoms with E-state index in [9.17, 15) is 4.79 Å². The molecule has 1 rings (SSSR count). The Bertz CT molecular complexity index is 158. The number of rotatable bonds is 0. The zero-order chi connectivity index (χ0) is 6.91. The summed E-state index contributed by atoms with van der Waals surface area (Å²) in [6, 6.07) is 0. The summed E-state index contributed by atoms with van der Waals surface area (Å²) in [6.45, 7) is 3.87. The Hall–Kier alpha value is -0.790. The highest BCUT2D eigenvalue weighted by Gasteiger charge is 2.27. The highest BCUT2D eigenvalue weighted by molar-refractivity contribution is 5.83. The number of carbonyl (C=O) groups excluding carboxylic acids is 1. The van der Waals surface area contributed by atoms with Gasteiger partial charge in [0.15, 0.2) is 0 Å². The molecule has 0 aromatic carbocycles. The summed E-state index contributed by atoms with van der Waals surface area (Å²) in [5.74, 6) is 0.116. The van der Waals surface area contributed by atoms with Gasteiger partial charge in [-0.2, -0.15) is 0 Å². The van der Waals surface area contributed by atoms with E-state index in [2.05, 4.69) is 5.32 Å². The van der Waals surface area contributed by atoms with Crippen LogP contribution in [-0.4, -0.2) is 5.91 Å². The third-order valence-corrected chi connectivity index (χ3v) is 1.58. The fourth-order valence-corrected chi connectivity index (χ4v) is 0.776. The molecule has 0 radical (unpaired) electrons. The van der Waals surface area contributed by atoms with Gasteiger partial charge in [-0.1, -0.05) is 19.9 Å². The minimum atomic E-state index is -0.200. The monoisotopic (exact) mass is 125 g/mol. The molecule has 1 heterocycles. The third-order valence-electron chi connectivity index (χ3n) is 1.58. The number of hydrogen-bond acceptors (Lipinski definition) is 1. The van der Waals surface area contributed by atoms with Crippen molar-refractivity contribution in [2.24, 2.45) is 5.41 Å². The molecule has 2 nitrogen and oxygen atoms in total. The van der Waals surface area contributed by atoms with Crippen LogP contribution in [0.3, 0.4) is 0 Å². The lowest BCUT2D eigenvalue weighted by Crippen LogP contribution is -2.36. The molecule has 0 aliphatic carbocycles. The van der Waals surface area contributed by atoms with Crippen LogP contribution in [0.5, 0.6) is 0 Å². The lowest BCUT2D eigenvalue weighted by atomic mass is 9.87. The van der Waals surface area contributed by atoms with Crippen molar-refractivity contribution in [3.63, 3.8) is 0 Å². The number of hydrogen-bond donors (Lipinski definition) is 1. The van der Waals surface area contributed by atoms with E-state index in [4.69, 9.17) is 0 Å². The summed E-state index contributed by atoms with van der Waals surface area (Å²) in [4.78, 5) is 11.0. The summed E-state index contributed by atoms with van der Waals surface area (Å²) in [6.07, 6.45) is 4.52. The maximum Gasteiger partial charge on any atom is 0.229 e. The van der Waals surface area contributed by atoms with Gasteiger partial charge in [-0.15, -0.1) is 0 Å². The predicted molar refractivity (Wildman–Crippen MR) is 35.7 cm³/mol. The van der Waals surface area contributed by atoms with Crippen molar-refractivity contribution < 1.29 is 4.79 Å². The number of allylic oxidation sites excluding steroid dienone is 1. The maximum atomic E-state index is 11.0. The average Bonchev–Trinajstić information content (AvgIpc) is 1.77. The Balaban J connectivity index is 2.76. The fourth-order valence-electron chi connectivity index (χ4n) is 0.776. The Labute approximate surface area is 54.9 Å². The normalized spacial score (nSPS) is 23.6. The Morgan fingerprint density at radius 3 is 2.67 bits per heavy atom. The van der Waals surface area contributed by atoms with Crippen molar-refractivity contribution >= 4 is 5.91 Å². The van der Waals surface area contributed by atoms with E-state index in [1.165, 1.54) is 0 Å². The van der Waals surface area contributed by atoms with E-state index in [0.29, 0.717) is 0 Å². The van der Waals surface area contributed by atoms with Gasteiger partial charge in [0.25, 0.3) is 0 Å². The van der Waals surface area contributed by atoms with Gasteiger partial charge in [0, 0.05) is 5.41 Å². The van der Waals surface area contributed by atoms with Crippen molar-refractivity contribution in [3.05, 3.63) is 12.3 Å². The van der Waals surface area contributed by atoms with Crippen LogP contribution in [0.25, 0.3) is 0 Å². The summed E-state index contributed by atoms with van der Waals surface area (Å²) in [5.41, 5.74) is -0.200. The van der Waals surface area contributed by atoms with Gasteiger partial charge in [-0.3, -0.25) is 4.79 Å². The van der Waals surface area contributed by atoms with E-state index >= 15 is 0 Å². The molecule has 0 saturated carbocycles. The number of nitrogens with one attached hydrogen (secondary N) is 1. The van der Waals surface area contributed by atoms with Gasteiger partial charge >= 0.3 is 0 Å². The fraction of sp³-hybridized carbons (Fsp3) is 0.571. The lowest BCUT2D eigenvalue weighted by molar-refractivity contribution is -0.128. The zero-order valence-corrected chi connectivity index (χ0v) is 5.77. The molecule has 0 aromatic rings. The Kier molecular flexibility index (Phi) is 1.31. The molecular weight excluding hydrogens is 114 g/mol. The molecule has 9 heavy (non-hydrogen) atoms. The second kappa shape index (κ2) is 1.87. The van der Waals surface area contributed by atoms with Gasteiger partial charge in [-0.25, -0.2) is 0 Å². The van der Waals surface area contributed by atoms with Crippen molar-refractivity contribution in [2.45, 2.75) is 20.3 Å². The first-order chi connectivity index (χ1) is 4.13. The summed E-state index contributed by atoms with van der Waals surface area (Å²) < 4.78 is 0. The molecule has 1 N–H and O–H groups in total. The van der Waals surface area contributed by atoms with Gasteiger partial charge in [-0.05, 0) is 12.6 Å². The van der Waals surface area contributed by atoms with Crippen LogP contribution in [0.1, 0.15) is 20.3 Å². The molecule has 2 heteroatoms. The quantitative estimate of drug-likeness (QED) is 0.515. The molecule has 1 aliphatic rings. The minimum absolute atomic E-state index is 0.116. The van der Waals surface area contributed by atoms with Crippen LogP contribution in [0.2, 0.25) is 0 Å². The molecule has 1 amide bonds. The van der Waals surface area contributed by atoms with Crippen molar-refractivity contribution in [1.82, 2.24) is 5.32 Å². The molecular formula is C7H11NO. The highest BCUT2D eigenvalue weighted by atomic mass is 16.2. The molecule has 1 aliphatic heterocycles. The standard InChI is InChI=1S/C7H11NO/c1-7(2)4-3-5-8-6(7)9/h3,5H,4H2,1-2H3,(H,8,9). The van der Waals surface area contributed by atoms with E-state index in [0.717, 1.165) is 6.42 Å². The van der Waals surface area contributed by atoms with Gasteiger partial charge < -0.3 is 5.32 Å². The van der Waals surface area contributed by atoms with Crippen molar-refractivity contribution in [2.75, 3.05) is 0 Å². The van der Waals surface area contributed by atoms with Crippen LogP contribution in [-0.2, 0) is 4.79 Å². The van der Waals surface area contributed by atoms with Crippen LogP contribution in [0, 0.1) is 5.41 Å². The SMILES string of the molecule is CC1(C)CC=CNC1=O. The molecule has 50 valence electrons. The Morgan fingerprint density at radius 2 is 2.33 bits per heavy atom. The largest absolute Gasteiger partial charge is 0.333 e. The van der Waals surface area contributed by atoms with E-state index in [1.807, 2.05) is 19.9 Å². The van der Waals surface area contributed by atoms with Gasteiger partial charge in [0.1, 0.15) is 0 Å². The molecule has 0 unspecified atom stereocenters. The molecule has 0 atom stereocenters. The first-order valence-corrected chi connectivity index (χ1v) is 3.09. The van der Waals surface area contributed by atoms with E-state index in [-0.39, 0.29) is 11.3 Å². The second-order valence-corrected chi connectivity index (χ2v) is 2.96. The number of amides is 1. The number of carbonyl (C=O) groups is 1. The first-order valence-electron chi connectivity index (χ1n) is 3.09. The van der Waals surface area contributed by atoms with Crippen LogP contribution in [0.4, 0.5) is 0 Å². The van der Waals surface area contributed by atoms with Crippen LogP contribution < -0.4 is 5.32 Å². The van der Waals surface area contributed by atoms with Crippen LogP contribution >= 0.6 is 0 Å². The zero-order valence-electron chi connectivity index (χ0n) is 5.77. The molecule has 0 spiro atoms. The lowest BCUT2D eigenvalue weighted by Gasteiger charge is -2.23. The third kappa shape index (κ3) is 1.12. The maximum absolute atomic E-state index is 11.0. The smallest absolute Gasteiger partial charge is 0.229 e. The van der Waals surface area contributed by atoms with Gasteiger partial charge in [0.2, 0.25) is 5.91 Å². The average molecular weight is 125 g/mol. The van der Waals surface area contributed by atoms with Crippen molar-refractivity contribution in [1.29, 1.82) is 0 Å². The summed E-state index contributed by atoms with van der Waals surface area (Å²) in [7, 11) is 0. The highest BCUT2D eigenvalue weighted by Crippen LogP contribution is 2.22. The summed E-state index contributed by atoms with van der Waals surface area (Å²) in [5, 5.41) is 2.65. The predicted octanol–water partition coefficient (Wildman–Crippen LogP) is 1.05. The summed E-state index contributed by atoms with van der Waals surface area (Å²) >= 11 is 0. The second-order valence-electron chi connectivity index (χ2n) is 2.96. The van der Waals surface area contributed by atoms with Crippen LogP contribution in [0.15, 0.2) is 12.3 Å². The van der Waals surface area contributed by atoms with E-state index in [1.54, 1.807) is 6.20 Å². The first kappa shape index (κ1) is 6.33. The molecule has 0 aromatic heterocycles. The minimum Gasteiger partial charge on any atom is -0.333 e.